The van der Waals surface area contributed by atoms with Crippen molar-refractivity contribution in [3.05, 3.63) is 60.2 Å². The van der Waals surface area contributed by atoms with Gasteiger partial charge < -0.3 is 15.0 Å². The average molecular weight is 444 g/mol. The van der Waals surface area contributed by atoms with Crippen LogP contribution in [0.3, 0.4) is 0 Å². The number of halogens is 2. The second-order valence-electron chi connectivity index (χ2n) is 7.56. The topological polar surface area (TPSA) is 85.7 Å². The fourth-order valence-electron chi connectivity index (χ4n) is 3.58. The highest BCUT2D eigenvalue weighted by Gasteiger charge is 2.25. The number of benzene rings is 2. The molecule has 0 aromatic heterocycles. The van der Waals surface area contributed by atoms with Gasteiger partial charge in [0.05, 0.1) is 0 Å². The lowest BCUT2D eigenvalue weighted by Crippen LogP contribution is -2.46. The third-order valence-corrected chi connectivity index (χ3v) is 5.41. The molecule has 3 rings (SSSR count). The van der Waals surface area contributed by atoms with Crippen LogP contribution in [0.15, 0.2) is 54.6 Å². The van der Waals surface area contributed by atoms with Gasteiger partial charge >= 0.3 is 6.61 Å². The van der Waals surface area contributed by atoms with Crippen LogP contribution in [-0.4, -0.2) is 60.7 Å². The molecule has 2 aromatic carbocycles. The summed E-state index contributed by atoms with van der Waals surface area (Å²) in [6.45, 7) is -1.14. The molecule has 7 nitrogen and oxygen atoms in total. The van der Waals surface area contributed by atoms with E-state index < -0.39 is 6.61 Å². The van der Waals surface area contributed by atoms with Gasteiger partial charge in [-0.05, 0) is 43.0 Å². The summed E-state index contributed by atoms with van der Waals surface area (Å²) in [6.07, 6.45) is 2.13. The van der Waals surface area contributed by atoms with Crippen LogP contribution in [0.2, 0.25) is 0 Å². The predicted molar refractivity (Wildman–Crippen MR) is 117 cm³/mol. The van der Waals surface area contributed by atoms with Crippen LogP contribution in [0.25, 0.3) is 0 Å². The molecule has 1 fully saturated rings. The molecule has 9 heteroatoms. The molecule has 1 aliphatic rings. The van der Waals surface area contributed by atoms with E-state index in [1.54, 1.807) is 41.3 Å². The first-order valence-corrected chi connectivity index (χ1v) is 10.4. The molecule has 2 aromatic rings. The first-order valence-electron chi connectivity index (χ1n) is 10.4. The van der Waals surface area contributed by atoms with Crippen molar-refractivity contribution < 1.29 is 23.1 Å². The fraction of sp³-hybridized carbons (Fsp3) is 0.348. The van der Waals surface area contributed by atoms with E-state index in [0.29, 0.717) is 37.5 Å². The molecule has 0 spiro atoms. The van der Waals surface area contributed by atoms with Gasteiger partial charge in [0.1, 0.15) is 18.1 Å². The van der Waals surface area contributed by atoms with Crippen LogP contribution in [0.1, 0.15) is 18.4 Å². The molecule has 2 N–H and O–H groups in total. The maximum atomic E-state index is 12.6. The number of amides is 2. The zero-order valence-electron chi connectivity index (χ0n) is 17.5. The van der Waals surface area contributed by atoms with Gasteiger partial charge in [-0.15, -0.1) is 0 Å². The number of alkyl halides is 2. The molecule has 0 atom stereocenters. The lowest BCUT2D eigenvalue weighted by atomic mass is 9.96. The van der Waals surface area contributed by atoms with E-state index in [1.807, 2.05) is 6.07 Å². The van der Waals surface area contributed by atoms with Gasteiger partial charge in [-0.25, -0.2) is 0 Å². The summed E-state index contributed by atoms with van der Waals surface area (Å²) in [6, 6.07) is 15.2. The van der Waals surface area contributed by atoms with Gasteiger partial charge in [0.25, 0.3) is 0 Å². The lowest BCUT2D eigenvalue weighted by molar-refractivity contribution is -0.135. The molecular formula is C23H26F2N4O3. The number of ether oxygens (including phenoxy) is 1. The van der Waals surface area contributed by atoms with Crippen molar-refractivity contribution >= 4 is 23.8 Å². The Morgan fingerprint density at radius 3 is 2.41 bits per heavy atom. The Morgan fingerprint density at radius 1 is 1.16 bits per heavy atom. The minimum Gasteiger partial charge on any atom is -0.435 e. The number of hydrogen-bond acceptors (Lipinski definition) is 5. The number of carbonyl (C=O) groups is 2. The molecule has 2 amide bonds. The third-order valence-electron chi connectivity index (χ3n) is 5.41. The van der Waals surface area contributed by atoms with Gasteiger partial charge in [0.15, 0.2) is 0 Å². The van der Waals surface area contributed by atoms with Crippen molar-refractivity contribution in [2.75, 3.05) is 31.5 Å². The molecule has 0 saturated carbocycles. The Hall–Kier alpha value is -3.49. The zero-order valence-corrected chi connectivity index (χ0v) is 17.5. The zero-order chi connectivity index (χ0) is 22.9. The van der Waals surface area contributed by atoms with Crippen molar-refractivity contribution in [2.45, 2.75) is 19.5 Å². The molecule has 32 heavy (non-hydrogen) atoms. The molecule has 0 bridgehead atoms. The number of carbonyl (C=O) groups excluding carboxylic acids is 2. The highest BCUT2D eigenvalue weighted by molar-refractivity contribution is 6.03. The van der Waals surface area contributed by atoms with E-state index in [1.165, 1.54) is 12.1 Å². The van der Waals surface area contributed by atoms with E-state index in [-0.39, 0.29) is 24.0 Å². The number of nitrogens with one attached hydrogen (secondary N) is 2. The predicted octanol–water partition coefficient (Wildman–Crippen LogP) is 3.42. The van der Waals surface area contributed by atoms with E-state index in [4.69, 9.17) is 5.41 Å². The van der Waals surface area contributed by atoms with Crippen LogP contribution in [0, 0.1) is 11.3 Å². The first-order chi connectivity index (χ1) is 15.5. The SMILES string of the molecule is N=C(c1ccccc1)N(C=O)CC(=O)N1CCC(CNc2ccc(OC(F)F)cc2)CC1. The Morgan fingerprint density at radius 2 is 1.81 bits per heavy atom. The Balaban J connectivity index is 1.43. The number of anilines is 1. The van der Waals surface area contributed by atoms with Crippen molar-refractivity contribution in [1.82, 2.24) is 9.80 Å². The first kappa shape index (κ1) is 23.2. The Bertz CT molecular complexity index is 901. The smallest absolute Gasteiger partial charge is 0.387 e. The molecule has 170 valence electrons. The highest BCUT2D eigenvalue weighted by Crippen LogP contribution is 2.21. The van der Waals surface area contributed by atoms with Crippen LogP contribution >= 0.6 is 0 Å². The van der Waals surface area contributed by atoms with Crippen LogP contribution in [0.4, 0.5) is 14.5 Å². The molecule has 1 heterocycles. The van der Waals surface area contributed by atoms with E-state index in [0.717, 1.165) is 23.4 Å². The number of likely N-dealkylation sites (tertiary alicyclic amines) is 1. The van der Waals surface area contributed by atoms with Gasteiger partial charge in [-0.1, -0.05) is 30.3 Å². The summed E-state index contributed by atoms with van der Waals surface area (Å²) in [5, 5.41) is 11.5. The normalized spacial score (nSPS) is 14.2. The summed E-state index contributed by atoms with van der Waals surface area (Å²) >= 11 is 0. The highest BCUT2D eigenvalue weighted by atomic mass is 19.3. The Labute approximate surface area is 185 Å². The molecule has 0 unspecified atom stereocenters. The number of piperidine rings is 1. The van der Waals surface area contributed by atoms with Crippen molar-refractivity contribution in [2.24, 2.45) is 5.92 Å². The minimum absolute atomic E-state index is 0.00185. The fourth-order valence-corrected chi connectivity index (χ4v) is 3.58. The molecule has 0 aliphatic carbocycles. The lowest BCUT2D eigenvalue weighted by Gasteiger charge is -2.33. The van der Waals surface area contributed by atoms with E-state index in [2.05, 4.69) is 10.1 Å². The van der Waals surface area contributed by atoms with Crippen molar-refractivity contribution in [1.29, 1.82) is 5.41 Å². The Kier molecular flexibility index (Phi) is 8.13. The second-order valence-corrected chi connectivity index (χ2v) is 7.56. The summed E-state index contributed by atoms with van der Waals surface area (Å²) in [5.74, 6) is 0.291. The maximum Gasteiger partial charge on any atom is 0.387 e. The van der Waals surface area contributed by atoms with Gasteiger partial charge in [-0.3, -0.25) is 19.9 Å². The second kappa shape index (κ2) is 11.2. The maximum absolute atomic E-state index is 12.6. The van der Waals surface area contributed by atoms with Gasteiger partial charge in [0, 0.05) is 30.9 Å². The number of rotatable bonds is 9. The standard InChI is InChI=1S/C23H26F2N4O3/c24-23(25)32-20-8-6-19(7-9-20)27-14-17-10-12-28(13-11-17)21(31)15-29(16-30)22(26)18-4-2-1-3-5-18/h1-9,16-17,23,26-27H,10-15H2. The van der Waals surface area contributed by atoms with Crippen LogP contribution < -0.4 is 10.1 Å². The van der Waals surface area contributed by atoms with Crippen molar-refractivity contribution in [3.8, 4) is 5.75 Å². The third kappa shape index (κ3) is 6.50. The summed E-state index contributed by atoms with van der Waals surface area (Å²) in [4.78, 5) is 26.9. The number of amidine groups is 1. The van der Waals surface area contributed by atoms with Gasteiger partial charge in [0.2, 0.25) is 12.3 Å². The molecule has 1 saturated heterocycles. The minimum atomic E-state index is -2.84. The largest absolute Gasteiger partial charge is 0.435 e. The summed E-state index contributed by atoms with van der Waals surface area (Å²) < 4.78 is 28.8. The quantitative estimate of drug-likeness (QED) is 0.353. The van der Waals surface area contributed by atoms with Gasteiger partial charge in [-0.2, -0.15) is 8.78 Å². The van der Waals surface area contributed by atoms with E-state index >= 15 is 0 Å². The average Bonchev–Trinajstić information content (AvgIpc) is 2.82. The molecular weight excluding hydrogens is 418 g/mol. The van der Waals surface area contributed by atoms with Crippen LogP contribution in [0.5, 0.6) is 5.75 Å². The number of hydrogen-bond donors (Lipinski definition) is 2. The van der Waals surface area contributed by atoms with Crippen LogP contribution in [-0.2, 0) is 9.59 Å². The van der Waals surface area contributed by atoms with Crippen molar-refractivity contribution in [3.63, 3.8) is 0 Å². The molecule has 0 radical (unpaired) electrons. The monoisotopic (exact) mass is 444 g/mol. The summed E-state index contributed by atoms with van der Waals surface area (Å²) in [7, 11) is 0. The van der Waals surface area contributed by atoms with E-state index in [9.17, 15) is 18.4 Å². The molecule has 1 aliphatic heterocycles. The number of nitrogens with zero attached hydrogens (tertiary/aromatic N) is 2. The summed E-state index contributed by atoms with van der Waals surface area (Å²) in [5.41, 5.74) is 1.39.